The first-order valence-electron chi connectivity index (χ1n) is 4.63. The average molecular weight is 220 g/mol. The Bertz CT molecular complexity index is 412. The zero-order valence-electron chi connectivity index (χ0n) is 9.06. The highest BCUT2D eigenvalue weighted by atomic mass is 16.5. The molecule has 0 unspecified atom stereocenters. The SMILES string of the molecule is COC(=O)/C(C)=N/NC(=O)c1ccccc1. The Hall–Kier alpha value is -2.17. The van der Waals surface area contributed by atoms with Gasteiger partial charge in [-0.15, -0.1) is 0 Å². The van der Waals surface area contributed by atoms with Gasteiger partial charge in [0.2, 0.25) is 0 Å². The van der Waals surface area contributed by atoms with Gasteiger partial charge in [0, 0.05) is 5.56 Å². The van der Waals surface area contributed by atoms with E-state index in [0.717, 1.165) is 0 Å². The Morgan fingerprint density at radius 2 is 1.88 bits per heavy atom. The molecule has 0 atom stereocenters. The van der Waals surface area contributed by atoms with Crippen molar-refractivity contribution in [3.8, 4) is 0 Å². The maximum atomic E-state index is 11.5. The maximum Gasteiger partial charge on any atom is 0.353 e. The van der Waals surface area contributed by atoms with Crippen LogP contribution < -0.4 is 5.43 Å². The standard InChI is InChI=1S/C11H12N2O3/c1-8(11(15)16-2)12-13-10(14)9-6-4-3-5-7-9/h3-7H,1-2H3,(H,13,14)/b12-8+. The van der Waals surface area contributed by atoms with Gasteiger partial charge in [0.1, 0.15) is 5.71 Å². The van der Waals surface area contributed by atoms with Crippen molar-refractivity contribution in [3.05, 3.63) is 35.9 Å². The second-order valence-corrected chi connectivity index (χ2v) is 3.00. The van der Waals surface area contributed by atoms with Crippen LogP contribution in [0.4, 0.5) is 0 Å². The molecule has 5 heteroatoms. The molecule has 0 radical (unpaired) electrons. The van der Waals surface area contributed by atoms with Crippen LogP contribution in [0.25, 0.3) is 0 Å². The largest absolute Gasteiger partial charge is 0.464 e. The lowest BCUT2D eigenvalue weighted by Crippen LogP contribution is -2.22. The smallest absolute Gasteiger partial charge is 0.353 e. The second-order valence-electron chi connectivity index (χ2n) is 3.00. The number of ether oxygens (including phenoxy) is 1. The first-order chi connectivity index (χ1) is 7.65. The lowest BCUT2D eigenvalue weighted by molar-refractivity contribution is -0.132. The molecule has 0 heterocycles. The molecule has 0 fully saturated rings. The second kappa shape index (κ2) is 5.65. The molecule has 0 bridgehead atoms. The molecule has 0 saturated heterocycles. The van der Waals surface area contributed by atoms with Gasteiger partial charge in [-0.05, 0) is 19.1 Å². The molecule has 84 valence electrons. The molecular weight excluding hydrogens is 208 g/mol. The summed E-state index contributed by atoms with van der Waals surface area (Å²) < 4.78 is 4.43. The van der Waals surface area contributed by atoms with Crippen molar-refractivity contribution in [3.63, 3.8) is 0 Å². The number of carbonyl (C=O) groups excluding carboxylic acids is 2. The summed E-state index contributed by atoms with van der Waals surface area (Å²) in [4.78, 5) is 22.4. The van der Waals surface area contributed by atoms with E-state index in [4.69, 9.17) is 0 Å². The van der Waals surface area contributed by atoms with Crippen molar-refractivity contribution < 1.29 is 14.3 Å². The summed E-state index contributed by atoms with van der Waals surface area (Å²) in [6.45, 7) is 1.46. The molecule has 1 N–H and O–H groups in total. The Balaban J connectivity index is 2.63. The molecule has 1 amide bonds. The third-order valence-corrected chi connectivity index (χ3v) is 1.84. The molecule has 5 nitrogen and oxygen atoms in total. The number of methoxy groups -OCH3 is 1. The van der Waals surface area contributed by atoms with Gasteiger partial charge in [-0.25, -0.2) is 10.2 Å². The van der Waals surface area contributed by atoms with E-state index in [1.165, 1.54) is 14.0 Å². The third kappa shape index (κ3) is 3.20. The maximum absolute atomic E-state index is 11.5. The van der Waals surface area contributed by atoms with Crippen molar-refractivity contribution in [2.45, 2.75) is 6.92 Å². The minimum Gasteiger partial charge on any atom is -0.464 e. The number of nitrogens with zero attached hydrogens (tertiary/aromatic N) is 1. The Labute approximate surface area is 93.1 Å². The summed E-state index contributed by atoms with van der Waals surface area (Å²) in [5.41, 5.74) is 2.83. The minimum atomic E-state index is -0.576. The average Bonchev–Trinajstić information content (AvgIpc) is 2.35. The van der Waals surface area contributed by atoms with Crippen LogP contribution in [-0.2, 0) is 9.53 Å². The van der Waals surface area contributed by atoms with Gasteiger partial charge in [0.25, 0.3) is 5.91 Å². The highest BCUT2D eigenvalue weighted by Crippen LogP contribution is 1.97. The number of esters is 1. The Morgan fingerprint density at radius 1 is 1.25 bits per heavy atom. The number of hydrazone groups is 1. The van der Waals surface area contributed by atoms with Crippen molar-refractivity contribution in [2.24, 2.45) is 5.10 Å². The summed E-state index contributed by atoms with van der Waals surface area (Å²) in [6, 6.07) is 8.59. The first-order valence-corrected chi connectivity index (χ1v) is 4.63. The van der Waals surface area contributed by atoms with Crippen molar-refractivity contribution in [2.75, 3.05) is 7.11 Å². The number of rotatable bonds is 3. The van der Waals surface area contributed by atoms with E-state index in [0.29, 0.717) is 5.56 Å². The molecule has 0 spiro atoms. The number of amides is 1. The first kappa shape index (κ1) is 11.9. The van der Waals surface area contributed by atoms with Crippen molar-refractivity contribution in [1.82, 2.24) is 5.43 Å². The Morgan fingerprint density at radius 3 is 2.44 bits per heavy atom. The summed E-state index contributed by atoms with van der Waals surface area (Å²) in [6.07, 6.45) is 0. The van der Waals surface area contributed by atoms with Crippen LogP contribution in [0.5, 0.6) is 0 Å². The number of hydrogen-bond acceptors (Lipinski definition) is 4. The van der Waals surface area contributed by atoms with E-state index in [9.17, 15) is 9.59 Å². The van der Waals surface area contributed by atoms with Crippen LogP contribution in [0.15, 0.2) is 35.4 Å². The highest BCUT2D eigenvalue weighted by molar-refractivity contribution is 6.35. The van der Waals surface area contributed by atoms with Crippen LogP contribution in [0, 0.1) is 0 Å². The summed E-state index contributed by atoms with van der Waals surface area (Å²) >= 11 is 0. The van der Waals surface area contributed by atoms with Crippen molar-refractivity contribution >= 4 is 17.6 Å². The molecule has 0 aliphatic rings. The van der Waals surface area contributed by atoms with E-state index in [1.807, 2.05) is 0 Å². The molecular formula is C11H12N2O3. The fourth-order valence-corrected chi connectivity index (χ4v) is 0.982. The molecule has 0 aliphatic heterocycles. The number of nitrogens with one attached hydrogen (secondary N) is 1. The van der Waals surface area contributed by atoms with Gasteiger partial charge >= 0.3 is 5.97 Å². The minimum absolute atomic E-state index is 0.0896. The number of benzene rings is 1. The van der Waals surface area contributed by atoms with Gasteiger partial charge in [-0.3, -0.25) is 4.79 Å². The predicted octanol–water partition coefficient (Wildman–Crippen LogP) is 0.965. The van der Waals surface area contributed by atoms with E-state index >= 15 is 0 Å². The fourth-order valence-electron chi connectivity index (χ4n) is 0.982. The molecule has 1 aromatic rings. The van der Waals surface area contributed by atoms with Crippen LogP contribution >= 0.6 is 0 Å². The zero-order chi connectivity index (χ0) is 12.0. The highest BCUT2D eigenvalue weighted by Gasteiger charge is 2.07. The van der Waals surface area contributed by atoms with Crippen LogP contribution in [0.2, 0.25) is 0 Å². The number of hydrogen-bond donors (Lipinski definition) is 1. The molecule has 1 aromatic carbocycles. The lowest BCUT2D eigenvalue weighted by atomic mass is 10.2. The quantitative estimate of drug-likeness (QED) is 0.468. The van der Waals surface area contributed by atoms with E-state index < -0.39 is 5.97 Å². The molecule has 16 heavy (non-hydrogen) atoms. The van der Waals surface area contributed by atoms with Crippen LogP contribution in [-0.4, -0.2) is 24.7 Å². The van der Waals surface area contributed by atoms with Gasteiger partial charge in [0.15, 0.2) is 0 Å². The molecule has 1 rings (SSSR count). The van der Waals surface area contributed by atoms with Crippen LogP contribution in [0.3, 0.4) is 0 Å². The summed E-state index contributed by atoms with van der Waals surface area (Å²) in [7, 11) is 1.25. The number of carbonyl (C=O) groups is 2. The van der Waals surface area contributed by atoms with Gasteiger partial charge in [-0.2, -0.15) is 5.10 Å². The van der Waals surface area contributed by atoms with Gasteiger partial charge in [0.05, 0.1) is 7.11 Å². The predicted molar refractivity (Wildman–Crippen MR) is 59.0 cm³/mol. The van der Waals surface area contributed by atoms with Gasteiger partial charge < -0.3 is 4.74 Å². The molecule has 0 aliphatic carbocycles. The Kier molecular flexibility index (Phi) is 4.20. The summed E-state index contributed by atoms with van der Waals surface area (Å²) in [5.74, 6) is -0.947. The van der Waals surface area contributed by atoms with E-state index in [2.05, 4.69) is 15.3 Å². The third-order valence-electron chi connectivity index (χ3n) is 1.84. The zero-order valence-corrected chi connectivity index (χ0v) is 9.06. The normalized spacial score (nSPS) is 10.8. The van der Waals surface area contributed by atoms with Gasteiger partial charge in [-0.1, -0.05) is 18.2 Å². The lowest BCUT2D eigenvalue weighted by Gasteiger charge is -2.00. The van der Waals surface area contributed by atoms with E-state index in [-0.39, 0.29) is 11.6 Å². The van der Waals surface area contributed by atoms with E-state index in [1.54, 1.807) is 30.3 Å². The van der Waals surface area contributed by atoms with Crippen molar-refractivity contribution in [1.29, 1.82) is 0 Å². The monoisotopic (exact) mass is 220 g/mol. The topological polar surface area (TPSA) is 67.8 Å². The summed E-state index contributed by atoms with van der Waals surface area (Å²) in [5, 5.41) is 3.61. The fraction of sp³-hybridized carbons (Fsp3) is 0.182. The molecule has 0 saturated carbocycles. The van der Waals surface area contributed by atoms with Crippen LogP contribution in [0.1, 0.15) is 17.3 Å². The molecule has 0 aromatic heterocycles.